The average Bonchev–Trinajstić information content (AvgIpc) is 3.11. The number of para-hydroxylation sites is 1. The van der Waals surface area contributed by atoms with Gasteiger partial charge in [0.15, 0.2) is 5.78 Å². The number of allylic oxidation sites excluding steroid dienone is 2. The molecule has 1 radical (unpaired) electrons. The quantitative estimate of drug-likeness (QED) is 0.0814. The molecule has 52 heavy (non-hydrogen) atoms. The van der Waals surface area contributed by atoms with Crippen LogP contribution >= 0.6 is 6.04 Å². The minimum Gasteiger partial charge on any atom is -0.512 e. The number of rotatable bonds is 2. The van der Waals surface area contributed by atoms with Crippen molar-refractivity contribution in [1.29, 1.82) is 0 Å². The third kappa shape index (κ3) is 5.62. The van der Waals surface area contributed by atoms with Gasteiger partial charge in [-0.15, -0.1) is 28.8 Å². The Balaban J connectivity index is 0.000000481. The molecule has 0 amide bonds. The van der Waals surface area contributed by atoms with Crippen molar-refractivity contribution < 1.29 is 30.0 Å². The van der Waals surface area contributed by atoms with Crippen LogP contribution in [0.5, 0.6) is 0 Å². The molecule has 6 aromatic carbocycles. The largest absolute Gasteiger partial charge is 0.512 e. The summed E-state index contributed by atoms with van der Waals surface area (Å²) in [6, 6.07) is 43.8. The summed E-state index contributed by atoms with van der Waals surface area (Å²) >= 11 is 7.19. The van der Waals surface area contributed by atoms with Gasteiger partial charge in [-0.2, -0.15) is 0 Å². The van der Waals surface area contributed by atoms with E-state index in [0.29, 0.717) is 0 Å². The summed E-state index contributed by atoms with van der Waals surface area (Å²) in [5.41, 5.74) is 7.70. The fraction of sp³-hybridized carbons (Fsp3) is 0.174. The number of aromatic nitrogens is 1. The molecule has 9 rings (SSSR count). The van der Waals surface area contributed by atoms with Gasteiger partial charge in [0, 0.05) is 32.2 Å². The van der Waals surface area contributed by atoms with Crippen LogP contribution < -0.4 is 15.9 Å². The molecule has 0 aliphatic carbocycles. The number of aliphatic hydroxyl groups is 1. The van der Waals surface area contributed by atoms with Crippen molar-refractivity contribution in [3.05, 3.63) is 155 Å². The molecule has 0 saturated heterocycles. The van der Waals surface area contributed by atoms with Gasteiger partial charge < -0.3 is 5.11 Å². The molecule has 1 aromatic heterocycles. The van der Waals surface area contributed by atoms with E-state index in [1.807, 2.05) is 0 Å². The molecule has 0 spiro atoms. The van der Waals surface area contributed by atoms with Gasteiger partial charge in [0.25, 0.3) is 0 Å². The molecule has 3 nitrogen and oxygen atoms in total. The van der Waals surface area contributed by atoms with Crippen LogP contribution in [-0.2, 0) is 47.5 Å². The van der Waals surface area contributed by atoms with E-state index in [1.54, 1.807) is 0 Å². The Kier molecular flexibility index (Phi) is 9.04. The SMILES string of the molecule is CC(=O)/C=C(/C)O.CC1(C)c2[c-]c(-c3ccc4ccccc4n3)cc3c2P(=S)(c2cc4ccccc4cc21)c1cc2ccccc2cc1C3(C)C.[Ir]. The number of pyridine rings is 1. The second kappa shape index (κ2) is 13.0. The van der Waals surface area contributed by atoms with Gasteiger partial charge in [0.05, 0.1) is 11.3 Å². The Hall–Kier alpha value is -4.24. The minimum atomic E-state index is -2.45. The van der Waals surface area contributed by atoms with E-state index in [-0.39, 0.29) is 42.5 Å². The fourth-order valence-corrected chi connectivity index (χ4v) is 13.7. The van der Waals surface area contributed by atoms with Crippen molar-refractivity contribution in [1.82, 2.24) is 4.98 Å². The van der Waals surface area contributed by atoms with Crippen LogP contribution in [-0.4, -0.2) is 15.9 Å². The zero-order chi connectivity index (χ0) is 35.9. The van der Waals surface area contributed by atoms with E-state index < -0.39 is 6.04 Å². The topological polar surface area (TPSA) is 50.2 Å². The Labute approximate surface area is 324 Å². The number of nitrogens with zero attached hydrogens (tertiary/aromatic N) is 1. The molecule has 0 fully saturated rings. The Bertz CT molecular complexity index is 2560. The van der Waals surface area contributed by atoms with Gasteiger partial charge in [0.2, 0.25) is 0 Å². The number of hydrogen-bond acceptors (Lipinski definition) is 4. The monoisotopic (exact) mass is 893 g/mol. The maximum absolute atomic E-state index is 10.0. The molecule has 1 atom stereocenters. The van der Waals surface area contributed by atoms with Crippen molar-refractivity contribution in [3.63, 3.8) is 0 Å². The van der Waals surface area contributed by atoms with E-state index in [4.69, 9.17) is 21.9 Å². The molecule has 7 aromatic rings. The molecule has 1 N–H and O–H groups in total. The van der Waals surface area contributed by atoms with E-state index in [9.17, 15) is 4.79 Å². The van der Waals surface area contributed by atoms with Crippen molar-refractivity contribution in [2.24, 2.45) is 0 Å². The smallest absolute Gasteiger partial charge is 0.155 e. The fourth-order valence-electron chi connectivity index (χ4n) is 8.11. The van der Waals surface area contributed by atoms with Gasteiger partial charge >= 0.3 is 0 Å². The first kappa shape index (κ1) is 36.1. The molecule has 0 bridgehead atoms. The number of aliphatic hydroxyl groups excluding tert-OH is 1. The maximum atomic E-state index is 10.0. The van der Waals surface area contributed by atoms with Crippen LogP contribution in [0.15, 0.2) is 127 Å². The summed E-state index contributed by atoms with van der Waals surface area (Å²) < 4.78 is 0. The summed E-state index contributed by atoms with van der Waals surface area (Å²) in [6.07, 6.45) is 1.17. The van der Waals surface area contributed by atoms with Gasteiger partial charge in [-0.1, -0.05) is 124 Å². The molecule has 2 aliphatic rings. The van der Waals surface area contributed by atoms with Crippen molar-refractivity contribution in [2.75, 3.05) is 0 Å². The van der Waals surface area contributed by atoms with E-state index in [2.05, 4.69) is 149 Å². The number of fused-ring (bicyclic) bond motifs is 7. The van der Waals surface area contributed by atoms with Crippen LogP contribution in [0.25, 0.3) is 43.7 Å². The van der Waals surface area contributed by atoms with Gasteiger partial charge in [-0.25, -0.2) is 0 Å². The van der Waals surface area contributed by atoms with Crippen LogP contribution in [0.3, 0.4) is 0 Å². The first-order valence-corrected chi connectivity index (χ1v) is 20.1. The van der Waals surface area contributed by atoms with Crippen LogP contribution in [0, 0.1) is 6.07 Å². The maximum Gasteiger partial charge on any atom is 0.155 e. The number of carbonyl (C=O) groups is 1. The molecule has 3 heterocycles. The summed E-state index contributed by atoms with van der Waals surface area (Å²) in [4.78, 5) is 15.2. The standard InChI is InChI=1S/C41H31NPS.C5H8O2.Ir/c1-40(2)31-19-26-12-5-7-14-28(26)23-37(31)43(44)38-24-29-15-8-6-13-27(29)20-32(38)41(3,4)34-22-30(21-33(40)39(34)43)36-18-17-25-11-9-10-16-35(25)42-36;1-4(6)3-5(2)7;/h5-21,23-24H,1-4H3;3,6H,1-2H3;/q-1;;/b;4-3-;. The second-order valence-corrected chi connectivity index (χ2v) is 19.2. The van der Waals surface area contributed by atoms with E-state index in [1.165, 1.54) is 79.6 Å². The molecule has 0 saturated carbocycles. The van der Waals surface area contributed by atoms with Gasteiger partial charge in [-0.3, -0.25) is 9.78 Å². The zero-order valence-electron chi connectivity index (χ0n) is 30.0. The first-order chi connectivity index (χ1) is 24.3. The molecule has 6 heteroatoms. The Morgan fingerprint density at radius 3 is 1.71 bits per heavy atom. The number of carbonyl (C=O) groups excluding carboxylic acids is 1. The summed E-state index contributed by atoms with van der Waals surface area (Å²) in [5, 5.41) is 18.6. The number of hydrogen-bond donors (Lipinski definition) is 1. The van der Waals surface area contributed by atoms with Gasteiger partial charge in [-0.05, 0) is 109 Å². The summed E-state index contributed by atoms with van der Waals surface area (Å²) in [7, 11) is 0. The van der Waals surface area contributed by atoms with Crippen LogP contribution in [0.4, 0.5) is 0 Å². The van der Waals surface area contributed by atoms with Gasteiger partial charge in [0.1, 0.15) is 0 Å². The second-order valence-electron chi connectivity index (χ2n) is 14.9. The number of benzene rings is 6. The van der Waals surface area contributed by atoms with Crippen LogP contribution in [0.2, 0.25) is 0 Å². The molecular formula is C46H39IrNO2PS-. The van der Waals surface area contributed by atoms with E-state index in [0.717, 1.165) is 22.2 Å². The summed E-state index contributed by atoms with van der Waals surface area (Å²) in [5.74, 6) is -0.0625. The Morgan fingerprint density at radius 1 is 0.692 bits per heavy atom. The molecule has 261 valence electrons. The van der Waals surface area contributed by atoms with Crippen molar-refractivity contribution in [2.45, 2.75) is 52.4 Å². The summed E-state index contributed by atoms with van der Waals surface area (Å²) in [6.45, 7) is 12.4. The van der Waals surface area contributed by atoms with E-state index >= 15 is 0 Å². The van der Waals surface area contributed by atoms with Crippen molar-refractivity contribution >= 4 is 72.0 Å². The molecule has 1 unspecified atom stereocenters. The van der Waals surface area contributed by atoms with Crippen LogP contribution in [0.1, 0.15) is 63.8 Å². The first-order valence-electron chi connectivity index (χ1n) is 17.3. The Morgan fingerprint density at radius 2 is 1.19 bits per heavy atom. The molecule has 2 aliphatic heterocycles. The third-order valence-electron chi connectivity index (χ3n) is 10.7. The predicted octanol–water partition coefficient (Wildman–Crippen LogP) is 10.1. The minimum absolute atomic E-state index is 0. The third-order valence-corrected chi connectivity index (χ3v) is 15.6. The average molecular weight is 893 g/mol. The zero-order valence-corrected chi connectivity index (χ0v) is 34.1. The normalized spacial score (nSPS) is 17.6. The number of ketones is 1. The predicted molar refractivity (Wildman–Crippen MR) is 218 cm³/mol. The van der Waals surface area contributed by atoms with Crippen molar-refractivity contribution in [3.8, 4) is 11.3 Å². The molecular weight excluding hydrogens is 854 g/mol.